The Bertz CT molecular complexity index is 931. The van der Waals surface area contributed by atoms with Crippen LogP contribution in [-0.2, 0) is 6.61 Å². The van der Waals surface area contributed by atoms with Gasteiger partial charge in [-0.1, -0.05) is 29.5 Å². The van der Waals surface area contributed by atoms with Crippen molar-refractivity contribution >= 4 is 17.5 Å². The standard InChI is InChI=1S/C20H19FN2O3S/c1-12-8-13(2)19(14(3)9-12)17(24)11-27-20-23-22-18(26-20)10-25-16-6-4-15(21)5-7-16/h4-9H,10-11H2,1-3H3. The van der Waals surface area contributed by atoms with E-state index >= 15 is 0 Å². The fraction of sp³-hybridized carbons (Fsp3) is 0.250. The van der Waals surface area contributed by atoms with E-state index in [-0.39, 0.29) is 29.9 Å². The molecule has 0 atom stereocenters. The molecule has 0 fully saturated rings. The maximum absolute atomic E-state index is 12.9. The summed E-state index contributed by atoms with van der Waals surface area (Å²) in [4.78, 5) is 12.5. The summed E-state index contributed by atoms with van der Waals surface area (Å²) in [5, 5.41) is 8.13. The first-order chi connectivity index (χ1) is 12.9. The number of aromatic nitrogens is 2. The van der Waals surface area contributed by atoms with Crippen LogP contribution in [0.3, 0.4) is 0 Å². The number of aryl methyl sites for hydroxylation is 3. The van der Waals surface area contributed by atoms with Gasteiger partial charge in [0.15, 0.2) is 12.4 Å². The van der Waals surface area contributed by atoms with E-state index < -0.39 is 0 Å². The molecule has 3 rings (SSSR count). The Kier molecular flexibility index (Phi) is 5.91. The van der Waals surface area contributed by atoms with E-state index in [1.165, 1.54) is 36.0 Å². The quantitative estimate of drug-likeness (QED) is 0.434. The number of ether oxygens (including phenoxy) is 1. The number of benzene rings is 2. The molecule has 27 heavy (non-hydrogen) atoms. The van der Waals surface area contributed by atoms with Gasteiger partial charge >= 0.3 is 0 Å². The molecule has 0 saturated heterocycles. The maximum Gasteiger partial charge on any atom is 0.277 e. The Balaban J connectivity index is 1.56. The van der Waals surface area contributed by atoms with Gasteiger partial charge in [-0.3, -0.25) is 4.79 Å². The first kappa shape index (κ1) is 19.1. The monoisotopic (exact) mass is 386 g/mol. The number of Topliss-reactive ketones (excluding diaryl/α,β-unsaturated/α-hetero) is 1. The molecule has 2 aromatic carbocycles. The fourth-order valence-corrected chi connectivity index (χ4v) is 3.50. The second-order valence-corrected chi connectivity index (χ2v) is 7.12. The second-order valence-electron chi connectivity index (χ2n) is 6.19. The third kappa shape index (κ3) is 4.95. The van der Waals surface area contributed by atoms with Crippen LogP contribution in [0.15, 0.2) is 46.0 Å². The summed E-state index contributed by atoms with van der Waals surface area (Å²) in [5.74, 6) is 0.701. The van der Waals surface area contributed by atoms with Crippen molar-refractivity contribution in [3.63, 3.8) is 0 Å². The third-order valence-electron chi connectivity index (χ3n) is 3.91. The van der Waals surface area contributed by atoms with Crippen LogP contribution in [-0.4, -0.2) is 21.7 Å². The zero-order chi connectivity index (χ0) is 19.4. The highest BCUT2D eigenvalue weighted by Crippen LogP contribution is 2.22. The highest BCUT2D eigenvalue weighted by molar-refractivity contribution is 7.99. The zero-order valence-electron chi connectivity index (χ0n) is 15.3. The molecule has 0 unspecified atom stereocenters. The summed E-state index contributed by atoms with van der Waals surface area (Å²) in [6.45, 7) is 5.96. The van der Waals surface area contributed by atoms with Crippen molar-refractivity contribution in [1.82, 2.24) is 10.2 Å². The minimum Gasteiger partial charge on any atom is -0.484 e. The first-order valence-corrected chi connectivity index (χ1v) is 9.35. The lowest BCUT2D eigenvalue weighted by molar-refractivity contribution is 0.102. The van der Waals surface area contributed by atoms with Gasteiger partial charge in [-0.05, 0) is 56.2 Å². The highest BCUT2D eigenvalue weighted by Gasteiger charge is 2.15. The average molecular weight is 386 g/mol. The van der Waals surface area contributed by atoms with Crippen molar-refractivity contribution in [3.05, 3.63) is 70.4 Å². The van der Waals surface area contributed by atoms with E-state index in [0.717, 1.165) is 22.3 Å². The summed E-state index contributed by atoms with van der Waals surface area (Å²) in [7, 11) is 0. The minimum absolute atomic E-state index is 0.0253. The topological polar surface area (TPSA) is 65.2 Å². The summed E-state index contributed by atoms with van der Waals surface area (Å²) in [6.07, 6.45) is 0. The Morgan fingerprint density at radius 1 is 1.11 bits per heavy atom. The van der Waals surface area contributed by atoms with Crippen molar-refractivity contribution in [3.8, 4) is 5.75 Å². The van der Waals surface area contributed by atoms with Crippen molar-refractivity contribution in [2.24, 2.45) is 0 Å². The smallest absolute Gasteiger partial charge is 0.277 e. The molecule has 7 heteroatoms. The number of halogens is 1. The summed E-state index contributed by atoms with van der Waals surface area (Å²) in [6, 6.07) is 9.67. The molecule has 0 spiro atoms. The van der Waals surface area contributed by atoms with Crippen LogP contribution in [0.2, 0.25) is 0 Å². The number of carbonyl (C=O) groups is 1. The molecule has 5 nitrogen and oxygen atoms in total. The van der Waals surface area contributed by atoms with Gasteiger partial charge in [-0.2, -0.15) is 0 Å². The average Bonchev–Trinajstić information content (AvgIpc) is 3.06. The molecule has 0 radical (unpaired) electrons. The van der Waals surface area contributed by atoms with Crippen LogP contribution in [0, 0.1) is 26.6 Å². The van der Waals surface area contributed by atoms with Crippen molar-refractivity contribution < 1.29 is 18.3 Å². The molecule has 0 bridgehead atoms. The highest BCUT2D eigenvalue weighted by atomic mass is 32.2. The van der Waals surface area contributed by atoms with Gasteiger partial charge in [0.05, 0.1) is 5.75 Å². The van der Waals surface area contributed by atoms with E-state index in [0.29, 0.717) is 11.0 Å². The minimum atomic E-state index is -0.331. The molecular weight excluding hydrogens is 367 g/mol. The molecule has 0 aliphatic rings. The number of nitrogens with zero attached hydrogens (tertiary/aromatic N) is 2. The van der Waals surface area contributed by atoms with Gasteiger partial charge in [0.25, 0.3) is 11.1 Å². The van der Waals surface area contributed by atoms with Crippen LogP contribution in [0.1, 0.15) is 32.9 Å². The van der Waals surface area contributed by atoms with Gasteiger partial charge < -0.3 is 9.15 Å². The SMILES string of the molecule is Cc1cc(C)c(C(=O)CSc2nnc(COc3ccc(F)cc3)o2)c(C)c1. The Hall–Kier alpha value is -2.67. The predicted molar refractivity (Wildman–Crippen MR) is 101 cm³/mol. The number of hydrogen-bond donors (Lipinski definition) is 0. The molecule has 0 amide bonds. The van der Waals surface area contributed by atoms with E-state index in [2.05, 4.69) is 10.2 Å². The molecular formula is C20H19FN2O3S. The normalized spacial score (nSPS) is 10.8. The molecule has 0 N–H and O–H groups in total. The van der Waals surface area contributed by atoms with Gasteiger partial charge in [0.1, 0.15) is 11.6 Å². The predicted octanol–water partition coefficient (Wildman–Crippen LogP) is 4.69. The van der Waals surface area contributed by atoms with E-state index in [1.54, 1.807) is 0 Å². The second kappa shape index (κ2) is 8.35. The van der Waals surface area contributed by atoms with Crippen molar-refractivity contribution in [1.29, 1.82) is 0 Å². The molecule has 0 aliphatic heterocycles. The number of carbonyl (C=O) groups excluding carboxylic acids is 1. The first-order valence-electron chi connectivity index (χ1n) is 8.37. The van der Waals surface area contributed by atoms with Crippen LogP contribution >= 0.6 is 11.8 Å². The van der Waals surface area contributed by atoms with Crippen LogP contribution in [0.25, 0.3) is 0 Å². The van der Waals surface area contributed by atoms with Crippen molar-refractivity contribution in [2.75, 3.05) is 5.75 Å². The number of thioether (sulfide) groups is 1. The lowest BCUT2D eigenvalue weighted by atomic mass is 9.97. The Labute approximate surface area is 161 Å². The lowest BCUT2D eigenvalue weighted by Gasteiger charge is -2.09. The fourth-order valence-electron chi connectivity index (χ4n) is 2.85. The molecule has 0 aliphatic carbocycles. The molecule has 1 heterocycles. The van der Waals surface area contributed by atoms with Gasteiger partial charge in [0.2, 0.25) is 0 Å². The molecule has 1 aromatic heterocycles. The largest absolute Gasteiger partial charge is 0.484 e. The molecule has 0 saturated carbocycles. The number of rotatable bonds is 7. The summed E-state index contributed by atoms with van der Waals surface area (Å²) < 4.78 is 23.8. The maximum atomic E-state index is 12.9. The van der Waals surface area contributed by atoms with Crippen molar-refractivity contribution in [2.45, 2.75) is 32.6 Å². The summed E-state index contributed by atoms with van der Waals surface area (Å²) >= 11 is 1.19. The van der Waals surface area contributed by atoms with Crippen LogP contribution in [0.5, 0.6) is 5.75 Å². The van der Waals surface area contributed by atoms with Gasteiger partial charge in [0, 0.05) is 5.56 Å². The van der Waals surface area contributed by atoms with E-state index in [4.69, 9.17) is 9.15 Å². The number of ketones is 1. The third-order valence-corrected chi connectivity index (χ3v) is 4.73. The van der Waals surface area contributed by atoms with E-state index in [1.807, 2.05) is 32.9 Å². The van der Waals surface area contributed by atoms with E-state index in [9.17, 15) is 9.18 Å². The van der Waals surface area contributed by atoms with Gasteiger partial charge in [-0.25, -0.2) is 4.39 Å². The molecule has 3 aromatic rings. The summed E-state index contributed by atoms with van der Waals surface area (Å²) in [5.41, 5.74) is 3.82. The lowest BCUT2D eigenvalue weighted by Crippen LogP contribution is -2.07. The Morgan fingerprint density at radius 2 is 1.78 bits per heavy atom. The van der Waals surface area contributed by atoms with Gasteiger partial charge in [-0.15, -0.1) is 10.2 Å². The number of hydrogen-bond acceptors (Lipinski definition) is 6. The van der Waals surface area contributed by atoms with Crippen LogP contribution in [0.4, 0.5) is 4.39 Å². The zero-order valence-corrected chi connectivity index (χ0v) is 16.1. The Morgan fingerprint density at radius 3 is 2.44 bits per heavy atom. The van der Waals surface area contributed by atoms with Crippen LogP contribution < -0.4 is 4.74 Å². The molecule has 140 valence electrons.